The highest BCUT2D eigenvalue weighted by atomic mass is 16.6. The number of hydrogen-bond acceptors (Lipinski definition) is 6. The molecular formula is C23H37N3O5. The largest absolute Gasteiger partial charge is 0.444 e. The van der Waals surface area contributed by atoms with Gasteiger partial charge in [0.1, 0.15) is 12.2 Å². The number of unbranched alkanes of at least 4 members (excludes halogenated alkanes) is 1. The Morgan fingerprint density at radius 2 is 1.74 bits per heavy atom. The molecule has 1 aromatic carbocycles. The van der Waals surface area contributed by atoms with Crippen LogP contribution in [0.5, 0.6) is 0 Å². The summed E-state index contributed by atoms with van der Waals surface area (Å²) in [7, 11) is 0. The van der Waals surface area contributed by atoms with Crippen molar-refractivity contribution < 1.29 is 23.9 Å². The van der Waals surface area contributed by atoms with Gasteiger partial charge >= 0.3 is 12.2 Å². The number of carbonyl (C=O) groups excluding carboxylic acids is 3. The Bertz CT molecular complexity index is 701. The highest BCUT2D eigenvalue weighted by Crippen LogP contribution is 2.10. The summed E-state index contributed by atoms with van der Waals surface area (Å²) >= 11 is 0. The van der Waals surface area contributed by atoms with Crippen LogP contribution in [0, 0.1) is 5.92 Å². The molecule has 0 fully saturated rings. The van der Waals surface area contributed by atoms with Crippen LogP contribution >= 0.6 is 0 Å². The van der Waals surface area contributed by atoms with E-state index >= 15 is 0 Å². The van der Waals surface area contributed by atoms with E-state index in [9.17, 15) is 14.4 Å². The summed E-state index contributed by atoms with van der Waals surface area (Å²) in [6.07, 6.45) is 0.321. The fraction of sp³-hybridized carbons (Fsp3) is 0.609. The van der Waals surface area contributed by atoms with Crippen LogP contribution in [0.4, 0.5) is 9.59 Å². The Hall–Kier alpha value is -2.61. The van der Waals surface area contributed by atoms with E-state index in [1.54, 1.807) is 20.8 Å². The van der Waals surface area contributed by atoms with Crippen molar-refractivity contribution >= 4 is 18.1 Å². The molecule has 1 aromatic rings. The third kappa shape index (κ3) is 11.4. The minimum absolute atomic E-state index is 0.0725. The summed E-state index contributed by atoms with van der Waals surface area (Å²) in [6, 6.07) is 8.48. The molecule has 0 aliphatic carbocycles. The number of nitrogens with two attached hydrogens (primary N) is 1. The SMILES string of the molecule is CC(C)C[C@H](N)C(=O)N(CCCCNC(=O)OC(C)(C)C)C(=O)OCc1ccccc1. The van der Waals surface area contributed by atoms with Gasteiger partial charge in [-0.15, -0.1) is 0 Å². The van der Waals surface area contributed by atoms with E-state index in [2.05, 4.69) is 5.32 Å². The molecule has 1 rings (SSSR count). The first kappa shape index (κ1) is 26.4. The quantitative estimate of drug-likeness (QED) is 0.540. The van der Waals surface area contributed by atoms with Crippen LogP contribution in [0.15, 0.2) is 30.3 Å². The fourth-order valence-electron chi connectivity index (χ4n) is 2.80. The van der Waals surface area contributed by atoms with Gasteiger partial charge in [0.05, 0.1) is 6.04 Å². The second-order valence-corrected chi connectivity index (χ2v) is 8.90. The molecule has 0 aromatic heterocycles. The van der Waals surface area contributed by atoms with E-state index in [1.165, 1.54) is 0 Å². The predicted molar refractivity (Wildman–Crippen MR) is 119 cm³/mol. The number of hydrogen-bond donors (Lipinski definition) is 2. The number of ether oxygens (including phenoxy) is 2. The van der Waals surface area contributed by atoms with Crippen LogP contribution < -0.4 is 11.1 Å². The van der Waals surface area contributed by atoms with Gasteiger partial charge in [-0.3, -0.25) is 4.79 Å². The maximum absolute atomic E-state index is 12.8. The lowest BCUT2D eigenvalue weighted by atomic mass is 10.0. The van der Waals surface area contributed by atoms with E-state index in [-0.39, 0.29) is 19.1 Å². The molecule has 1 atom stereocenters. The zero-order chi connectivity index (χ0) is 23.4. The predicted octanol–water partition coefficient (Wildman–Crippen LogP) is 3.83. The van der Waals surface area contributed by atoms with Gasteiger partial charge in [0.15, 0.2) is 0 Å². The van der Waals surface area contributed by atoms with Crippen LogP contribution in [-0.4, -0.2) is 47.7 Å². The van der Waals surface area contributed by atoms with Crippen molar-refractivity contribution in [2.45, 2.75) is 72.1 Å². The summed E-state index contributed by atoms with van der Waals surface area (Å²) in [5.41, 5.74) is 6.28. The van der Waals surface area contributed by atoms with E-state index in [4.69, 9.17) is 15.2 Å². The van der Waals surface area contributed by atoms with Crippen LogP contribution in [-0.2, 0) is 20.9 Å². The number of imide groups is 1. The molecule has 0 heterocycles. The highest BCUT2D eigenvalue weighted by molar-refractivity contribution is 5.94. The summed E-state index contributed by atoms with van der Waals surface area (Å²) in [5.74, 6) is -0.231. The lowest BCUT2D eigenvalue weighted by Crippen LogP contribution is -2.48. The van der Waals surface area contributed by atoms with Gasteiger partial charge in [0.2, 0.25) is 5.91 Å². The summed E-state index contributed by atoms with van der Waals surface area (Å²) in [5, 5.41) is 2.66. The minimum atomic E-state index is -0.774. The molecular weight excluding hydrogens is 398 g/mol. The van der Waals surface area contributed by atoms with Crippen LogP contribution in [0.1, 0.15) is 59.4 Å². The third-order valence-electron chi connectivity index (χ3n) is 4.21. The van der Waals surface area contributed by atoms with Gasteiger partial charge < -0.3 is 20.5 Å². The van der Waals surface area contributed by atoms with Gasteiger partial charge in [0, 0.05) is 13.1 Å². The van der Waals surface area contributed by atoms with Gasteiger partial charge in [0.25, 0.3) is 0 Å². The zero-order valence-corrected chi connectivity index (χ0v) is 19.3. The molecule has 3 N–H and O–H groups in total. The van der Waals surface area contributed by atoms with Crippen LogP contribution in [0.25, 0.3) is 0 Å². The van der Waals surface area contributed by atoms with Crippen molar-refractivity contribution in [2.75, 3.05) is 13.1 Å². The molecule has 174 valence electrons. The molecule has 0 aliphatic rings. The van der Waals surface area contributed by atoms with Crippen molar-refractivity contribution in [2.24, 2.45) is 11.7 Å². The first-order chi connectivity index (χ1) is 14.5. The second-order valence-electron chi connectivity index (χ2n) is 8.90. The molecule has 31 heavy (non-hydrogen) atoms. The normalized spacial score (nSPS) is 12.2. The number of benzene rings is 1. The van der Waals surface area contributed by atoms with Gasteiger partial charge in [-0.25, -0.2) is 14.5 Å². The number of amides is 3. The lowest BCUT2D eigenvalue weighted by Gasteiger charge is -2.24. The van der Waals surface area contributed by atoms with Crippen LogP contribution in [0.2, 0.25) is 0 Å². The van der Waals surface area contributed by atoms with Crippen molar-refractivity contribution in [1.29, 1.82) is 0 Å². The number of rotatable bonds is 10. The van der Waals surface area contributed by atoms with E-state index in [0.717, 1.165) is 10.5 Å². The Morgan fingerprint density at radius 1 is 1.10 bits per heavy atom. The van der Waals surface area contributed by atoms with Gasteiger partial charge in [-0.1, -0.05) is 44.2 Å². The first-order valence-corrected chi connectivity index (χ1v) is 10.7. The summed E-state index contributed by atoms with van der Waals surface area (Å²) in [6.45, 7) is 9.90. The molecule has 8 nitrogen and oxygen atoms in total. The van der Waals surface area contributed by atoms with E-state index in [1.807, 2.05) is 44.2 Å². The van der Waals surface area contributed by atoms with E-state index < -0.39 is 29.7 Å². The van der Waals surface area contributed by atoms with Crippen molar-refractivity contribution in [3.8, 4) is 0 Å². The zero-order valence-electron chi connectivity index (χ0n) is 19.3. The number of nitrogens with one attached hydrogen (secondary N) is 1. The topological polar surface area (TPSA) is 111 Å². The first-order valence-electron chi connectivity index (χ1n) is 10.7. The minimum Gasteiger partial charge on any atom is -0.444 e. The summed E-state index contributed by atoms with van der Waals surface area (Å²) < 4.78 is 10.5. The van der Waals surface area contributed by atoms with Crippen molar-refractivity contribution in [3.05, 3.63) is 35.9 Å². The van der Waals surface area contributed by atoms with Crippen molar-refractivity contribution in [1.82, 2.24) is 10.2 Å². The molecule has 0 aliphatic heterocycles. The highest BCUT2D eigenvalue weighted by Gasteiger charge is 2.28. The standard InChI is InChI=1S/C23H37N3O5/c1-17(2)15-19(24)20(27)26(22(29)30-16-18-11-7-6-8-12-18)14-10-9-13-25-21(28)31-23(3,4)5/h6-8,11-12,17,19H,9-10,13-16,24H2,1-5H3,(H,25,28)/t19-/m0/s1. The van der Waals surface area contributed by atoms with Gasteiger partial charge in [-0.05, 0) is 51.5 Å². The second kappa shape index (κ2) is 12.9. The monoisotopic (exact) mass is 435 g/mol. The molecule has 8 heteroatoms. The van der Waals surface area contributed by atoms with E-state index in [0.29, 0.717) is 25.8 Å². The Balaban J connectivity index is 2.60. The number of alkyl carbamates (subject to hydrolysis) is 1. The van der Waals surface area contributed by atoms with Crippen molar-refractivity contribution in [3.63, 3.8) is 0 Å². The Kier molecular flexibility index (Phi) is 11.0. The molecule has 0 radical (unpaired) electrons. The third-order valence-corrected chi connectivity index (χ3v) is 4.21. The average Bonchev–Trinajstić information content (AvgIpc) is 2.67. The lowest BCUT2D eigenvalue weighted by molar-refractivity contribution is -0.131. The smallest absolute Gasteiger partial charge is 0.416 e. The molecule has 0 saturated carbocycles. The number of nitrogens with zero attached hydrogens (tertiary/aromatic N) is 1. The maximum atomic E-state index is 12.8. The van der Waals surface area contributed by atoms with Crippen LogP contribution in [0.3, 0.4) is 0 Å². The molecule has 0 saturated heterocycles. The Morgan fingerprint density at radius 3 is 2.32 bits per heavy atom. The van der Waals surface area contributed by atoms with Gasteiger partial charge in [-0.2, -0.15) is 0 Å². The molecule has 3 amide bonds. The summed E-state index contributed by atoms with van der Waals surface area (Å²) in [4.78, 5) is 38.2. The molecule has 0 spiro atoms. The number of carbonyl (C=O) groups is 3. The maximum Gasteiger partial charge on any atom is 0.416 e. The Labute approximate surface area is 185 Å². The average molecular weight is 436 g/mol. The fourth-order valence-corrected chi connectivity index (χ4v) is 2.80. The molecule has 0 unspecified atom stereocenters. The molecule has 0 bridgehead atoms.